The summed E-state index contributed by atoms with van der Waals surface area (Å²) >= 11 is 0. The standard InChI is InChI=1S/C19H25N3O2/c1-13-9-16-10-17(24-4)5-6-18(16)20-19(13)21(3)11-15-7-8-22(12-15)14(2)23/h5-6,9-10,15H,7-8,11-12H2,1-4H3. The number of methoxy groups -OCH3 is 1. The maximum atomic E-state index is 11.5. The molecular weight excluding hydrogens is 302 g/mol. The summed E-state index contributed by atoms with van der Waals surface area (Å²) in [6.45, 7) is 6.38. The first-order chi connectivity index (χ1) is 11.5. The number of fused-ring (bicyclic) bond motifs is 1. The van der Waals surface area contributed by atoms with Gasteiger partial charge >= 0.3 is 0 Å². The quantitative estimate of drug-likeness (QED) is 0.866. The van der Waals surface area contributed by atoms with Crippen molar-refractivity contribution in [3.8, 4) is 5.75 Å². The van der Waals surface area contributed by atoms with Crippen molar-refractivity contribution in [3.05, 3.63) is 29.8 Å². The third-order valence-corrected chi connectivity index (χ3v) is 4.81. The van der Waals surface area contributed by atoms with Crippen molar-refractivity contribution in [1.29, 1.82) is 0 Å². The van der Waals surface area contributed by atoms with Gasteiger partial charge in [-0.25, -0.2) is 4.98 Å². The number of aromatic nitrogens is 1. The molecule has 0 aliphatic carbocycles. The Hall–Kier alpha value is -2.30. The number of amides is 1. The number of anilines is 1. The van der Waals surface area contributed by atoms with E-state index in [2.05, 4.69) is 24.9 Å². The summed E-state index contributed by atoms with van der Waals surface area (Å²) in [7, 11) is 3.76. The van der Waals surface area contributed by atoms with Gasteiger partial charge in [0, 0.05) is 39.0 Å². The number of likely N-dealkylation sites (tertiary alicyclic amines) is 1. The van der Waals surface area contributed by atoms with Crippen LogP contribution in [0.15, 0.2) is 24.3 Å². The maximum Gasteiger partial charge on any atom is 0.219 e. The average Bonchev–Trinajstić information content (AvgIpc) is 3.02. The largest absolute Gasteiger partial charge is 0.497 e. The second kappa shape index (κ2) is 6.67. The molecule has 1 aromatic carbocycles. The minimum Gasteiger partial charge on any atom is -0.497 e. The molecule has 1 atom stereocenters. The summed E-state index contributed by atoms with van der Waals surface area (Å²) in [5.41, 5.74) is 2.12. The number of carbonyl (C=O) groups is 1. The zero-order valence-corrected chi connectivity index (χ0v) is 14.9. The molecule has 5 nitrogen and oxygen atoms in total. The van der Waals surface area contributed by atoms with Gasteiger partial charge in [-0.05, 0) is 49.1 Å². The number of aryl methyl sites for hydroxylation is 1. The number of carbonyl (C=O) groups excluding carboxylic acids is 1. The molecule has 1 unspecified atom stereocenters. The van der Waals surface area contributed by atoms with Gasteiger partial charge in [0.2, 0.25) is 5.91 Å². The van der Waals surface area contributed by atoms with E-state index in [4.69, 9.17) is 9.72 Å². The van der Waals surface area contributed by atoms with Gasteiger partial charge in [-0.15, -0.1) is 0 Å². The van der Waals surface area contributed by atoms with Gasteiger partial charge < -0.3 is 14.5 Å². The van der Waals surface area contributed by atoms with Crippen LogP contribution in [0.1, 0.15) is 18.9 Å². The smallest absolute Gasteiger partial charge is 0.219 e. The predicted octanol–water partition coefficient (Wildman–Crippen LogP) is 2.86. The molecule has 3 rings (SSSR count). The highest BCUT2D eigenvalue weighted by atomic mass is 16.5. The molecule has 0 radical (unpaired) electrons. The van der Waals surface area contributed by atoms with Crippen molar-refractivity contribution in [2.45, 2.75) is 20.3 Å². The molecule has 0 saturated carbocycles. The first-order valence-electron chi connectivity index (χ1n) is 8.40. The van der Waals surface area contributed by atoms with Crippen LogP contribution in [-0.2, 0) is 4.79 Å². The van der Waals surface area contributed by atoms with Crippen molar-refractivity contribution >= 4 is 22.6 Å². The van der Waals surface area contributed by atoms with E-state index in [9.17, 15) is 4.79 Å². The number of pyridine rings is 1. The summed E-state index contributed by atoms with van der Waals surface area (Å²) in [6, 6.07) is 8.11. The van der Waals surface area contributed by atoms with Gasteiger partial charge in [0.1, 0.15) is 11.6 Å². The van der Waals surface area contributed by atoms with Crippen LogP contribution in [0, 0.1) is 12.8 Å². The van der Waals surface area contributed by atoms with Crippen LogP contribution in [0.2, 0.25) is 0 Å². The van der Waals surface area contributed by atoms with Crippen LogP contribution in [0.4, 0.5) is 5.82 Å². The van der Waals surface area contributed by atoms with Crippen molar-refractivity contribution in [3.63, 3.8) is 0 Å². The Morgan fingerprint density at radius 3 is 2.88 bits per heavy atom. The molecule has 1 aliphatic rings. The molecule has 0 N–H and O–H groups in total. The van der Waals surface area contributed by atoms with Crippen LogP contribution < -0.4 is 9.64 Å². The Bertz CT molecular complexity index is 760. The van der Waals surface area contributed by atoms with Gasteiger partial charge in [0.05, 0.1) is 12.6 Å². The Labute approximate surface area is 143 Å². The molecule has 2 aromatic rings. The minimum atomic E-state index is 0.175. The fraction of sp³-hybridized carbons (Fsp3) is 0.474. The SMILES string of the molecule is COc1ccc2nc(N(C)CC3CCN(C(C)=O)C3)c(C)cc2c1. The van der Waals surface area contributed by atoms with Crippen molar-refractivity contribution in [2.75, 3.05) is 38.7 Å². The lowest BCUT2D eigenvalue weighted by molar-refractivity contribution is -0.127. The van der Waals surface area contributed by atoms with Crippen molar-refractivity contribution in [2.24, 2.45) is 5.92 Å². The number of hydrogen-bond donors (Lipinski definition) is 0. The van der Waals surface area contributed by atoms with E-state index in [1.807, 2.05) is 23.1 Å². The second-order valence-corrected chi connectivity index (χ2v) is 6.69. The maximum absolute atomic E-state index is 11.5. The molecule has 1 aliphatic heterocycles. The zero-order valence-electron chi connectivity index (χ0n) is 14.9. The van der Waals surface area contributed by atoms with Crippen LogP contribution in [0.5, 0.6) is 5.75 Å². The van der Waals surface area contributed by atoms with Crippen LogP contribution in [0.25, 0.3) is 10.9 Å². The molecule has 24 heavy (non-hydrogen) atoms. The molecule has 128 valence electrons. The molecule has 1 amide bonds. The van der Waals surface area contributed by atoms with E-state index in [1.165, 1.54) is 0 Å². The summed E-state index contributed by atoms with van der Waals surface area (Å²) in [4.78, 5) is 20.5. The Morgan fingerprint density at radius 2 is 2.21 bits per heavy atom. The van der Waals surface area contributed by atoms with Crippen LogP contribution >= 0.6 is 0 Å². The second-order valence-electron chi connectivity index (χ2n) is 6.69. The number of ether oxygens (including phenoxy) is 1. The van der Waals surface area contributed by atoms with Crippen LogP contribution in [-0.4, -0.2) is 49.6 Å². The molecule has 1 aromatic heterocycles. The van der Waals surface area contributed by atoms with E-state index >= 15 is 0 Å². The number of nitrogens with zero attached hydrogens (tertiary/aromatic N) is 3. The molecule has 1 fully saturated rings. The van der Waals surface area contributed by atoms with E-state index < -0.39 is 0 Å². The highest BCUT2D eigenvalue weighted by molar-refractivity contribution is 5.83. The average molecular weight is 327 g/mol. The summed E-state index contributed by atoms with van der Waals surface area (Å²) in [5.74, 6) is 2.54. The molecular formula is C19H25N3O2. The van der Waals surface area contributed by atoms with Crippen molar-refractivity contribution in [1.82, 2.24) is 9.88 Å². The number of benzene rings is 1. The lowest BCUT2D eigenvalue weighted by atomic mass is 10.1. The molecule has 1 saturated heterocycles. The first-order valence-corrected chi connectivity index (χ1v) is 8.40. The number of rotatable bonds is 4. The zero-order chi connectivity index (χ0) is 17.3. The van der Waals surface area contributed by atoms with Gasteiger partial charge in [0.15, 0.2) is 0 Å². The highest BCUT2D eigenvalue weighted by Gasteiger charge is 2.25. The van der Waals surface area contributed by atoms with E-state index in [1.54, 1.807) is 14.0 Å². The third-order valence-electron chi connectivity index (χ3n) is 4.81. The third kappa shape index (κ3) is 3.30. The Balaban J connectivity index is 1.78. The molecule has 0 spiro atoms. The van der Waals surface area contributed by atoms with Crippen molar-refractivity contribution < 1.29 is 9.53 Å². The summed E-state index contributed by atoms with van der Waals surface area (Å²) < 4.78 is 5.29. The van der Waals surface area contributed by atoms with E-state index in [0.717, 1.165) is 54.1 Å². The van der Waals surface area contributed by atoms with Gasteiger partial charge in [0.25, 0.3) is 0 Å². The predicted molar refractivity (Wildman–Crippen MR) is 96.7 cm³/mol. The van der Waals surface area contributed by atoms with Gasteiger partial charge in [-0.1, -0.05) is 0 Å². The monoisotopic (exact) mass is 327 g/mol. The van der Waals surface area contributed by atoms with Crippen LogP contribution in [0.3, 0.4) is 0 Å². The highest BCUT2D eigenvalue weighted by Crippen LogP contribution is 2.27. The topological polar surface area (TPSA) is 45.7 Å². The lowest BCUT2D eigenvalue weighted by Crippen LogP contribution is -2.30. The lowest BCUT2D eigenvalue weighted by Gasteiger charge is -2.24. The fourth-order valence-electron chi connectivity index (χ4n) is 3.50. The van der Waals surface area contributed by atoms with Gasteiger partial charge in [-0.3, -0.25) is 4.79 Å². The summed E-state index contributed by atoms with van der Waals surface area (Å²) in [5, 5.41) is 1.09. The molecule has 0 bridgehead atoms. The molecule has 5 heteroatoms. The fourth-order valence-corrected chi connectivity index (χ4v) is 3.50. The Kier molecular flexibility index (Phi) is 4.60. The van der Waals surface area contributed by atoms with Gasteiger partial charge in [-0.2, -0.15) is 0 Å². The summed E-state index contributed by atoms with van der Waals surface area (Å²) in [6.07, 6.45) is 1.06. The molecule has 2 heterocycles. The minimum absolute atomic E-state index is 0.175. The normalized spacial score (nSPS) is 17.3. The number of hydrogen-bond acceptors (Lipinski definition) is 4. The Morgan fingerprint density at radius 1 is 1.42 bits per heavy atom. The first kappa shape index (κ1) is 16.6. The van der Waals surface area contributed by atoms with E-state index in [0.29, 0.717) is 5.92 Å². The van der Waals surface area contributed by atoms with E-state index in [-0.39, 0.29) is 5.91 Å².